The number of rotatable bonds is 3. The Kier molecular flexibility index (Phi) is 5.41. The lowest BCUT2D eigenvalue weighted by molar-refractivity contribution is -0.119. The number of piperidine rings is 2. The van der Waals surface area contributed by atoms with Gasteiger partial charge in [0.05, 0.1) is 0 Å². The lowest BCUT2D eigenvalue weighted by Crippen LogP contribution is -2.52. The highest BCUT2D eigenvalue weighted by molar-refractivity contribution is 5.81. The number of hydrogen-bond donors (Lipinski definition) is 2. The molecular formula is C17H31N5O. The van der Waals surface area contributed by atoms with Gasteiger partial charge in [0.2, 0.25) is 5.91 Å². The molecule has 23 heavy (non-hydrogen) atoms. The van der Waals surface area contributed by atoms with Crippen molar-refractivity contribution in [3.63, 3.8) is 0 Å². The number of carbonyl (C=O) groups is 1. The van der Waals surface area contributed by atoms with Crippen molar-refractivity contribution in [3.8, 4) is 0 Å². The maximum atomic E-state index is 11.6. The Hall–Kier alpha value is -1.30. The maximum Gasteiger partial charge on any atom is 0.220 e. The summed E-state index contributed by atoms with van der Waals surface area (Å²) in [5, 5.41) is 6.54. The Bertz CT molecular complexity index is 446. The Labute approximate surface area is 139 Å². The maximum absolute atomic E-state index is 11.6. The molecule has 0 saturated carbocycles. The highest BCUT2D eigenvalue weighted by Crippen LogP contribution is 2.35. The summed E-state index contributed by atoms with van der Waals surface area (Å²) < 4.78 is 0. The Morgan fingerprint density at radius 1 is 1.26 bits per heavy atom. The van der Waals surface area contributed by atoms with Crippen LogP contribution >= 0.6 is 0 Å². The number of nitrogens with zero attached hydrogens (tertiary/aromatic N) is 3. The van der Waals surface area contributed by atoms with Crippen molar-refractivity contribution in [1.29, 1.82) is 0 Å². The molecule has 3 aliphatic heterocycles. The number of carbonyl (C=O) groups excluding carboxylic acids is 1. The van der Waals surface area contributed by atoms with E-state index in [1.54, 1.807) is 0 Å². The van der Waals surface area contributed by atoms with E-state index < -0.39 is 0 Å². The fourth-order valence-corrected chi connectivity index (χ4v) is 4.27. The minimum absolute atomic E-state index is 0.125. The van der Waals surface area contributed by atoms with Crippen LogP contribution in [0.2, 0.25) is 0 Å². The molecule has 1 spiro atoms. The van der Waals surface area contributed by atoms with Crippen molar-refractivity contribution in [1.82, 2.24) is 20.4 Å². The summed E-state index contributed by atoms with van der Waals surface area (Å²) in [6.07, 6.45) is 7.02. The number of aliphatic imine (C=N–C) groups is 1. The van der Waals surface area contributed by atoms with Crippen LogP contribution in [-0.2, 0) is 4.79 Å². The topological polar surface area (TPSA) is 60.0 Å². The summed E-state index contributed by atoms with van der Waals surface area (Å²) >= 11 is 0. The van der Waals surface area contributed by atoms with Crippen molar-refractivity contribution in [2.24, 2.45) is 10.4 Å². The second kappa shape index (κ2) is 7.51. The first-order valence-corrected chi connectivity index (χ1v) is 9.15. The molecule has 3 saturated heterocycles. The zero-order valence-corrected chi connectivity index (χ0v) is 14.4. The molecular weight excluding hydrogens is 290 g/mol. The Morgan fingerprint density at radius 2 is 2.09 bits per heavy atom. The molecule has 0 radical (unpaired) electrons. The van der Waals surface area contributed by atoms with E-state index in [0.717, 1.165) is 51.5 Å². The predicted octanol–water partition coefficient (Wildman–Crippen LogP) is 0.650. The Morgan fingerprint density at radius 3 is 2.78 bits per heavy atom. The fourth-order valence-electron chi connectivity index (χ4n) is 4.27. The highest BCUT2D eigenvalue weighted by atomic mass is 16.1. The molecule has 3 aliphatic rings. The third-order valence-corrected chi connectivity index (χ3v) is 5.53. The lowest BCUT2D eigenvalue weighted by atomic mass is 9.79. The van der Waals surface area contributed by atoms with Crippen LogP contribution in [0.1, 0.15) is 38.5 Å². The molecule has 0 aromatic carbocycles. The van der Waals surface area contributed by atoms with Crippen molar-refractivity contribution < 1.29 is 4.79 Å². The molecule has 1 unspecified atom stereocenters. The van der Waals surface area contributed by atoms with Gasteiger partial charge in [-0.2, -0.15) is 0 Å². The van der Waals surface area contributed by atoms with Crippen LogP contribution < -0.4 is 10.6 Å². The van der Waals surface area contributed by atoms with Crippen LogP contribution in [0, 0.1) is 5.41 Å². The van der Waals surface area contributed by atoms with E-state index in [4.69, 9.17) is 0 Å². The molecule has 0 aromatic heterocycles. The van der Waals surface area contributed by atoms with Gasteiger partial charge in [0.1, 0.15) is 0 Å². The van der Waals surface area contributed by atoms with E-state index >= 15 is 0 Å². The summed E-state index contributed by atoms with van der Waals surface area (Å²) in [5.41, 5.74) is 0.125. The van der Waals surface area contributed by atoms with E-state index in [0.29, 0.717) is 6.42 Å². The number of amides is 1. The van der Waals surface area contributed by atoms with Crippen LogP contribution in [0.25, 0.3) is 0 Å². The van der Waals surface area contributed by atoms with Crippen molar-refractivity contribution >= 4 is 11.9 Å². The van der Waals surface area contributed by atoms with Gasteiger partial charge in [-0.15, -0.1) is 0 Å². The molecule has 3 rings (SSSR count). The molecule has 2 N–H and O–H groups in total. The van der Waals surface area contributed by atoms with Gasteiger partial charge in [-0.3, -0.25) is 9.79 Å². The number of guanidine groups is 1. The minimum Gasteiger partial charge on any atom is -0.355 e. The summed E-state index contributed by atoms with van der Waals surface area (Å²) in [7, 11) is 1.86. The molecule has 0 aromatic rings. The standard InChI is InChI=1S/C17H31N5O/c1-18-16(19-7-11-21-8-3-2-4-9-21)22-10-5-6-17(14-22)12-15(23)20-13-17/h2-14H2,1H3,(H,18,19)(H,20,23). The summed E-state index contributed by atoms with van der Waals surface area (Å²) in [6.45, 7) is 7.33. The molecule has 3 fully saturated rings. The fraction of sp³-hybridized carbons (Fsp3) is 0.882. The third-order valence-electron chi connectivity index (χ3n) is 5.53. The van der Waals surface area contributed by atoms with Crippen molar-refractivity contribution in [2.75, 3.05) is 52.9 Å². The zero-order chi connectivity index (χ0) is 16.1. The highest BCUT2D eigenvalue weighted by Gasteiger charge is 2.42. The SMILES string of the molecule is CN=C(NCCN1CCCCC1)N1CCCC2(CNC(=O)C2)C1. The van der Waals surface area contributed by atoms with Crippen LogP contribution in [-0.4, -0.2) is 74.5 Å². The van der Waals surface area contributed by atoms with Gasteiger partial charge in [0.15, 0.2) is 5.96 Å². The summed E-state index contributed by atoms with van der Waals surface area (Å²) in [6, 6.07) is 0. The second-order valence-corrected chi connectivity index (χ2v) is 7.35. The quantitative estimate of drug-likeness (QED) is 0.592. The lowest BCUT2D eigenvalue weighted by Gasteiger charge is -2.41. The molecule has 6 nitrogen and oxygen atoms in total. The largest absolute Gasteiger partial charge is 0.355 e. The number of nitrogens with one attached hydrogen (secondary N) is 2. The Balaban J connectivity index is 1.48. The average Bonchev–Trinajstić information content (AvgIpc) is 2.92. The summed E-state index contributed by atoms with van der Waals surface area (Å²) in [5.74, 6) is 1.21. The van der Waals surface area contributed by atoms with Gasteiger partial charge >= 0.3 is 0 Å². The molecule has 6 heteroatoms. The monoisotopic (exact) mass is 321 g/mol. The average molecular weight is 321 g/mol. The first-order valence-electron chi connectivity index (χ1n) is 9.15. The summed E-state index contributed by atoms with van der Waals surface area (Å²) in [4.78, 5) is 21.0. The van der Waals surface area contributed by atoms with Crippen LogP contribution in [0.3, 0.4) is 0 Å². The molecule has 1 amide bonds. The van der Waals surface area contributed by atoms with Crippen molar-refractivity contribution in [3.05, 3.63) is 0 Å². The second-order valence-electron chi connectivity index (χ2n) is 7.35. The van der Waals surface area contributed by atoms with Gasteiger partial charge in [0, 0.05) is 51.6 Å². The molecule has 1 atom stereocenters. The van der Waals surface area contributed by atoms with Crippen LogP contribution in [0.5, 0.6) is 0 Å². The van der Waals surface area contributed by atoms with E-state index in [9.17, 15) is 4.79 Å². The van der Waals surface area contributed by atoms with Crippen LogP contribution in [0.15, 0.2) is 4.99 Å². The molecule has 3 heterocycles. The first-order chi connectivity index (χ1) is 11.2. The van der Waals surface area contributed by atoms with Gasteiger partial charge in [-0.1, -0.05) is 6.42 Å². The van der Waals surface area contributed by atoms with Gasteiger partial charge in [0.25, 0.3) is 0 Å². The minimum atomic E-state index is 0.125. The van der Waals surface area contributed by atoms with Gasteiger partial charge in [-0.05, 0) is 38.8 Å². The van der Waals surface area contributed by atoms with Gasteiger partial charge in [-0.25, -0.2) is 0 Å². The molecule has 0 bridgehead atoms. The zero-order valence-electron chi connectivity index (χ0n) is 14.4. The predicted molar refractivity (Wildman–Crippen MR) is 92.5 cm³/mol. The van der Waals surface area contributed by atoms with E-state index in [1.165, 1.54) is 32.4 Å². The number of hydrogen-bond acceptors (Lipinski definition) is 3. The van der Waals surface area contributed by atoms with Crippen LogP contribution in [0.4, 0.5) is 0 Å². The molecule has 0 aliphatic carbocycles. The third kappa shape index (κ3) is 4.16. The first kappa shape index (κ1) is 16.6. The number of likely N-dealkylation sites (tertiary alicyclic amines) is 2. The normalized spacial score (nSPS) is 29.9. The smallest absolute Gasteiger partial charge is 0.220 e. The van der Waals surface area contributed by atoms with E-state index in [2.05, 4.69) is 25.4 Å². The van der Waals surface area contributed by atoms with Crippen molar-refractivity contribution in [2.45, 2.75) is 38.5 Å². The molecule has 130 valence electrons. The van der Waals surface area contributed by atoms with E-state index in [-0.39, 0.29) is 11.3 Å². The van der Waals surface area contributed by atoms with Gasteiger partial charge < -0.3 is 20.4 Å². The van der Waals surface area contributed by atoms with E-state index in [1.807, 2.05) is 7.05 Å².